The molecule has 0 amide bonds. The summed E-state index contributed by atoms with van der Waals surface area (Å²) in [5, 5.41) is 9.46. The van der Waals surface area contributed by atoms with Crippen LogP contribution in [0, 0.1) is 6.92 Å². The van der Waals surface area contributed by atoms with Crippen molar-refractivity contribution in [3.8, 4) is 11.5 Å². The lowest BCUT2D eigenvalue weighted by Gasteiger charge is -2.17. The zero-order chi connectivity index (χ0) is 15.3. The monoisotopic (exact) mass is 298 g/mol. The third kappa shape index (κ3) is 1.93. The van der Waals surface area contributed by atoms with Crippen LogP contribution < -0.4 is 5.73 Å². The summed E-state index contributed by atoms with van der Waals surface area (Å²) in [6.45, 7) is 1.96. The van der Waals surface area contributed by atoms with Gasteiger partial charge in [-0.25, -0.2) is 4.98 Å². The highest BCUT2D eigenvalue weighted by atomic mass is 16.5. The van der Waals surface area contributed by atoms with Crippen LogP contribution in [0.2, 0.25) is 0 Å². The van der Waals surface area contributed by atoms with E-state index < -0.39 is 5.54 Å². The fourth-order valence-electron chi connectivity index (χ4n) is 3.20. The van der Waals surface area contributed by atoms with E-state index in [4.69, 9.17) is 10.3 Å². The molecule has 1 fully saturated rings. The average Bonchev–Trinajstić information content (AvgIpc) is 3.20. The van der Waals surface area contributed by atoms with Gasteiger partial charge in [-0.3, -0.25) is 4.68 Å². The van der Waals surface area contributed by atoms with Gasteiger partial charge in [0, 0.05) is 18.6 Å². The number of nitrogens with zero attached hydrogens (tertiary/aromatic N) is 5. The van der Waals surface area contributed by atoms with Crippen LogP contribution in [0.15, 0.2) is 16.8 Å². The Bertz CT molecular complexity index is 843. The number of rotatable bonds is 2. The van der Waals surface area contributed by atoms with Crippen molar-refractivity contribution < 1.29 is 4.52 Å². The van der Waals surface area contributed by atoms with Gasteiger partial charge in [-0.15, -0.1) is 0 Å². The molecule has 0 spiro atoms. The van der Waals surface area contributed by atoms with E-state index >= 15 is 0 Å². The second-order valence-corrected chi connectivity index (χ2v) is 6.09. The molecule has 2 N–H and O–H groups in total. The molecule has 7 heteroatoms. The minimum Gasteiger partial charge on any atom is -0.334 e. The fraction of sp³-hybridized carbons (Fsp3) is 0.467. The molecule has 4 rings (SSSR count). The molecular formula is C15H18N6O. The van der Waals surface area contributed by atoms with Crippen LogP contribution in [0.3, 0.4) is 0 Å². The minimum absolute atomic E-state index is 0.441. The smallest absolute Gasteiger partial charge is 0.259 e. The summed E-state index contributed by atoms with van der Waals surface area (Å²) >= 11 is 0. The first kappa shape index (κ1) is 13.4. The number of nitrogens with two attached hydrogens (primary N) is 1. The maximum Gasteiger partial charge on any atom is 0.259 e. The van der Waals surface area contributed by atoms with Crippen LogP contribution in [-0.2, 0) is 12.6 Å². The molecule has 0 aromatic carbocycles. The third-order valence-corrected chi connectivity index (χ3v) is 4.48. The van der Waals surface area contributed by atoms with E-state index in [-0.39, 0.29) is 0 Å². The lowest BCUT2D eigenvalue weighted by molar-refractivity contribution is 0.372. The zero-order valence-corrected chi connectivity index (χ0v) is 12.7. The molecule has 1 saturated carbocycles. The SMILES string of the molecule is Cc1nn(C)c2ncc(-c3nc(C4(N)CCCC4)no3)cc12. The summed E-state index contributed by atoms with van der Waals surface area (Å²) in [6.07, 6.45) is 5.78. The normalized spacial score (nSPS) is 17.4. The van der Waals surface area contributed by atoms with Crippen LogP contribution in [-0.4, -0.2) is 24.9 Å². The molecule has 3 heterocycles. The van der Waals surface area contributed by atoms with E-state index in [9.17, 15) is 0 Å². The molecule has 0 atom stereocenters. The highest BCUT2D eigenvalue weighted by Crippen LogP contribution is 2.35. The second-order valence-electron chi connectivity index (χ2n) is 6.09. The summed E-state index contributed by atoms with van der Waals surface area (Å²) < 4.78 is 7.18. The molecule has 0 radical (unpaired) electrons. The molecule has 22 heavy (non-hydrogen) atoms. The Labute approximate surface area is 127 Å². The van der Waals surface area contributed by atoms with Crippen molar-refractivity contribution in [2.24, 2.45) is 12.8 Å². The first-order valence-corrected chi connectivity index (χ1v) is 7.50. The first-order valence-electron chi connectivity index (χ1n) is 7.50. The van der Waals surface area contributed by atoms with Gasteiger partial charge in [0.05, 0.1) is 16.8 Å². The topological polar surface area (TPSA) is 95.7 Å². The van der Waals surface area contributed by atoms with Gasteiger partial charge in [-0.05, 0) is 25.8 Å². The number of hydrogen-bond donors (Lipinski definition) is 1. The predicted octanol–water partition coefficient (Wildman–Crippen LogP) is 2.05. The van der Waals surface area contributed by atoms with Gasteiger partial charge in [0.2, 0.25) is 0 Å². The molecule has 1 aliphatic rings. The molecular weight excluding hydrogens is 280 g/mol. The van der Waals surface area contributed by atoms with Gasteiger partial charge >= 0.3 is 0 Å². The highest BCUT2D eigenvalue weighted by molar-refractivity contribution is 5.81. The fourth-order valence-corrected chi connectivity index (χ4v) is 3.20. The quantitative estimate of drug-likeness (QED) is 0.778. The van der Waals surface area contributed by atoms with Crippen molar-refractivity contribution in [2.45, 2.75) is 38.1 Å². The maximum atomic E-state index is 6.38. The minimum atomic E-state index is -0.441. The average molecular weight is 298 g/mol. The standard InChI is InChI=1S/C15H18N6O/c1-9-11-7-10(8-17-12(11)21(2)19-9)13-18-14(20-22-13)15(16)5-3-4-6-15/h7-8H,3-6,16H2,1-2H3. The van der Waals surface area contributed by atoms with Crippen LogP contribution in [0.4, 0.5) is 0 Å². The van der Waals surface area contributed by atoms with Gasteiger partial charge in [0.1, 0.15) is 0 Å². The third-order valence-electron chi connectivity index (χ3n) is 4.48. The van der Waals surface area contributed by atoms with E-state index in [1.807, 2.05) is 20.0 Å². The van der Waals surface area contributed by atoms with Crippen LogP contribution in [0.5, 0.6) is 0 Å². The first-order chi connectivity index (χ1) is 10.6. The molecule has 1 aliphatic carbocycles. The van der Waals surface area contributed by atoms with Gasteiger partial charge in [0.15, 0.2) is 11.5 Å². The molecule has 0 unspecified atom stereocenters. The van der Waals surface area contributed by atoms with E-state index in [1.165, 1.54) is 0 Å². The van der Waals surface area contributed by atoms with Gasteiger partial charge < -0.3 is 10.3 Å². The molecule has 0 saturated heterocycles. The maximum absolute atomic E-state index is 6.38. The largest absolute Gasteiger partial charge is 0.334 e. The predicted molar refractivity (Wildman–Crippen MR) is 80.9 cm³/mol. The number of aromatic nitrogens is 5. The van der Waals surface area contributed by atoms with E-state index in [1.54, 1.807) is 10.9 Å². The van der Waals surface area contributed by atoms with Crippen LogP contribution >= 0.6 is 0 Å². The summed E-state index contributed by atoms with van der Waals surface area (Å²) in [7, 11) is 1.88. The van der Waals surface area contributed by atoms with E-state index in [0.717, 1.165) is 48.0 Å². The summed E-state index contributed by atoms with van der Waals surface area (Å²) in [4.78, 5) is 8.95. The number of pyridine rings is 1. The zero-order valence-electron chi connectivity index (χ0n) is 12.7. The van der Waals surface area contributed by atoms with Crippen molar-refractivity contribution in [1.82, 2.24) is 24.9 Å². The van der Waals surface area contributed by atoms with Crippen molar-refractivity contribution in [3.63, 3.8) is 0 Å². The van der Waals surface area contributed by atoms with Crippen molar-refractivity contribution >= 4 is 11.0 Å². The van der Waals surface area contributed by atoms with E-state index in [0.29, 0.717) is 11.7 Å². The molecule has 0 aliphatic heterocycles. The summed E-state index contributed by atoms with van der Waals surface area (Å²) in [5.74, 6) is 1.06. The van der Waals surface area contributed by atoms with Crippen molar-refractivity contribution in [1.29, 1.82) is 0 Å². The van der Waals surface area contributed by atoms with Crippen LogP contribution in [0.25, 0.3) is 22.5 Å². The Morgan fingerprint density at radius 1 is 1.32 bits per heavy atom. The summed E-state index contributed by atoms with van der Waals surface area (Å²) in [5.41, 5.74) is 8.50. The lowest BCUT2D eigenvalue weighted by Crippen LogP contribution is -2.34. The molecule has 0 bridgehead atoms. The Hall–Kier alpha value is -2.28. The van der Waals surface area contributed by atoms with Crippen molar-refractivity contribution in [3.05, 3.63) is 23.8 Å². The Balaban J connectivity index is 1.76. The lowest BCUT2D eigenvalue weighted by atomic mass is 9.99. The molecule has 3 aromatic heterocycles. The van der Waals surface area contributed by atoms with Crippen LogP contribution in [0.1, 0.15) is 37.2 Å². The second kappa shape index (κ2) is 4.61. The number of hydrogen-bond acceptors (Lipinski definition) is 6. The number of aryl methyl sites for hydroxylation is 2. The van der Waals surface area contributed by atoms with Gasteiger partial charge in [0.25, 0.3) is 5.89 Å². The van der Waals surface area contributed by atoms with Gasteiger partial charge in [-0.2, -0.15) is 10.1 Å². The van der Waals surface area contributed by atoms with Crippen molar-refractivity contribution in [2.75, 3.05) is 0 Å². The van der Waals surface area contributed by atoms with E-state index in [2.05, 4.69) is 20.2 Å². The summed E-state index contributed by atoms with van der Waals surface area (Å²) in [6, 6.07) is 1.99. The van der Waals surface area contributed by atoms with Gasteiger partial charge in [-0.1, -0.05) is 18.0 Å². The Morgan fingerprint density at radius 3 is 2.86 bits per heavy atom. The molecule has 114 valence electrons. The number of fused-ring (bicyclic) bond motifs is 1. The molecule has 7 nitrogen and oxygen atoms in total. The Morgan fingerprint density at radius 2 is 2.09 bits per heavy atom. The molecule has 3 aromatic rings. The Kier molecular flexibility index (Phi) is 2.80. The highest BCUT2D eigenvalue weighted by Gasteiger charge is 2.36.